The third-order valence-corrected chi connectivity index (χ3v) is 2.38. The molecule has 0 saturated heterocycles. The maximum atomic E-state index is 11.5. The number of carbonyl (C=O) groups is 1. The van der Waals surface area contributed by atoms with Crippen molar-refractivity contribution in [2.45, 2.75) is 0 Å². The summed E-state index contributed by atoms with van der Waals surface area (Å²) < 4.78 is 11.6. The number of para-hydroxylation sites is 2. The first-order chi connectivity index (χ1) is 8.27. The Balaban J connectivity index is 2.53. The third kappa shape index (κ3) is 1.99. The molecule has 1 aromatic carbocycles. The Kier molecular flexibility index (Phi) is 3.09. The molecule has 5 nitrogen and oxygen atoms in total. The van der Waals surface area contributed by atoms with Gasteiger partial charge in [0.2, 0.25) is 0 Å². The molecule has 1 aromatic heterocycles. The number of nitrogens with zero attached hydrogens (tertiary/aromatic N) is 2. The molecule has 0 saturated carbocycles. The number of benzene rings is 1. The van der Waals surface area contributed by atoms with Crippen LogP contribution >= 0.6 is 0 Å². The standard InChI is InChI=1S/C12H12N2O3/c1-16-11-6-4-3-5-9(11)14-8-13-7-10(14)12(15)17-2/h3-8H,1-2H3. The molecule has 88 valence electrons. The number of hydrogen-bond donors (Lipinski definition) is 0. The van der Waals surface area contributed by atoms with Crippen LogP contribution in [-0.4, -0.2) is 29.7 Å². The molecular weight excluding hydrogens is 220 g/mol. The molecule has 2 aromatic rings. The molecule has 0 aliphatic rings. The molecule has 0 spiro atoms. The van der Waals surface area contributed by atoms with Gasteiger partial charge in [-0.25, -0.2) is 9.78 Å². The van der Waals surface area contributed by atoms with E-state index in [1.54, 1.807) is 18.0 Å². The van der Waals surface area contributed by atoms with Crippen LogP contribution in [0.25, 0.3) is 5.69 Å². The summed E-state index contributed by atoms with van der Waals surface area (Å²) in [5.74, 6) is 0.226. The molecule has 0 aliphatic heterocycles. The fourth-order valence-electron chi connectivity index (χ4n) is 1.57. The highest BCUT2D eigenvalue weighted by Crippen LogP contribution is 2.23. The van der Waals surface area contributed by atoms with Crippen LogP contribution in [0.3, 0.4) is 0 Å². The topological polar surface area (TPSA) is 53.3 Å². The maximum absolute atomic E-state index is 11.5. The fraction of sp³-hybridized carbons (Fsp3) is 0.167. The van der Waals surface area contributed by atoms with Crippen LogP contribution in [0.4, 0.5) is 0 Å². The van der Waals surface area contributed by atoms with Crippen LogP contribution in [0.1, 0.15) is 10.5 Å². The van der Waals surface area contributed by atoms with E-state index in [0.29, 0.717) is 11.4 Å². The van der Waals surface area contributed by atoms with Crippen molar-refractivity contribution >= 4 is 5.97 Å². The van der Waals surface area contributed by atoms with Gasteiger partial charge in [0.25, 0.3) is 0 Å². The van der Waals surface area contributed by atoms with Crippen molar-refractivity contribution in [3.8, 4) is 11.4 Å². The molecule has 0 radical (unpaired) electrons. The van der Waals surface area contributed by atoms with Crippen molar-refractivity contribution in [3.63, 3.8) is 0 Å². The monoisotopic (exact) mass is 232 g/mol. The number of esters is 1. The Bertz CT molecular complexity index is 534. The highest BCUT2D eigenvalue weighted by Gasteiger charge is 2.15. The van der Waals surface area contributed by atoms with Crippen LogP contribution in [0.15, 0.2) is 36.8 Å². The highest BCUT2D eigenvalue weighted by molar-refractivity contribution is 5.88. The van der Waals surface area contributed by atoms with Gasteiger partial charge < -0.3 is 9.47 Å². The summed E-state index contributed by atoms with van der Waals surface area (Å²) in [6, 6.07) is 7.37. The Morgan fingerprint density at radius 2 is 2.06 bits per heavy atom. The minimum Gasteiger partial charge on any atom is -0.495 e. The maximum Gasteiger partial charge on any atom is 0.356 e. The summed E-state index contributed by atoms with van der Waals surface area (Å²) in [5, 5.41) is 0. The van der Waals surface area contributed by atoms with E-state index >= 15 is 0 Å². The summed E-state index contributed by atoms with van der Waals surface area (Å²) in [4.78, 5) is 15.5. The number of imidazole rings is 1. The molecule has 5 heteroatoms. The molecule has 0 unspecified atom stereocenters. The lowest BCUT2D eigenvalue weighted by Gasteiger charge is -2.10. The minimum absolute atomic E-state index is 0.358. The first-order valence-corrected chi connectivity index (χ1v) is 5.02. The van der Waals surface area contributed by atoms with Crippen LogP contribution in [-0.2, 0) is 4.74 Å². The number of aromatic nitrogens is 2. The van der Waals surface area contributed by atoms with Crippen molar-refractivity contribution in [2.24, 2.45) is 0 Å². The van der Waals surface area contributed by atoms with Gasteiger partial charge in [0.1, 0.15) is 5.75 Å². The molecule has 0 bridgehead atoms. The zero-order valence-electron chi connectivity index (χ0n) is 9.58. The molecule has 0 fully saturated rings. The second-order valence-corrected chi connectivity index (χ2v) is 3.31. The predicted octanol–water partition coefficient (Wildman–Crippen LogP) is 1.67. The lowest BCUT2D eigenvalue weighted by atomic mass is 10.3. The minimum atomic E-state index is -0.437. The van der Waals surface area contributed by atoms with Crippen LogP contribution < -0.4 is 4.74 Å². The molecule has 1 heterocycles. The van der Waals surface area contributed by atoms with E-state index < -0.39 is 5.97 Å². The number of hydrogen-bond acceptors (Lipinski definition) is 4. The average molecular weight is 232 g/mol. The van der Waals surface area contributed by atoms with E-state index in [4.69, 9.17) is 4.74 Å². The van der Waals surface area contributed by atoms with Gasteiger partial charge in [0.05, 0.1) is 32.4 Å². The second-order valence-electron chi connectivity index (χ2n) is 3.31. The van der Waals surface area contributed by atoms with Crippen molar-refractivity contribution in [2.75, 3.05) is 14.2 Å². The van der Waals surface area contributed by atoms with Gasteiger partial charge >= 0.3 is 5.97 Å². The SMILES string of the molecule is COC(=O)c1cncn1-c1ccccc1OC. The van der Waals surface area contributed by atoms with E-state index in [0.717, 1.165) is 5.69 Å². The van der Waals surface area contributed by atoms with Crippen LogP contribution in [0, 0.1) is 0 Å². The van der Waals surface area contributed by atoms with Gasteiger partial charge in [-0.15, -0.1) is 0 Å². The molecule has 0 N–H and O–H groups in total. The fourth-order valence-corrected chi connectivity index (χ4v) is 1.57. The Hall–Kier alpha value is -2.30. The van der Waals surface area contributed by atoms with Gasteiger partial charge in [-0.2, -0.15) is 0 Å². The van der Waals surface area contributed by atoms with Gasteiger partial charge in [-0.1, -0.05) is 12.1 Å². The van der Waals surface area contributed by atoms with Crippen molar-refractivity contribution in [1.82, 2.24) is 9.55 Å². The number of rotatable bonds is 3. The zero-order valence-corrected chi connectivity index (χ0v) is 9.58. The summed E-state index contributed by atoms with van der Waals surface area (Å²) in [7, 11) is 2.91. The first kappa shape index (κ1) is 11.2. The van der Waals surface area contributed by atoms with Crippen molar-refractivity contribution < 1.29 is 14.3 Å². The molecule has 0 aliphatic carbocycles. The molecular formula is C12H12N2O3. The van der Waals surface area contributed by atoms with E-state index in [2.05, 4.69) is 9.72 Å². The first-order valence-electron chi connectivity index (χ1n) is 5.02. The van der Waals surface area contributed by atoms with Crippen LogP contribution in [0.5, 0.6) is 5.75 Å². The van der Waals surface area contributed by atoms with Gasteiger partial charge in [0, 0.05) is 0 Å². The predicted molar refractivity (Wildman–Crippen MR) is 61.5 cm³/mol. The molecule has 17 heavy (non-hydrogen) atoms. The highest BCUT2D eigenvalue weighted by atomic mass is 16.5. The average Bonchev–Trinajstić information content (AvgIpc) is 2.86. The number of ether oxygens (including phenoxy) is 2. The number of methoxy groups -OCH3 is 2. The largest absolute Gasteiger partial charge is 0.495 e. The van der Waals surface area contributed by atoms with Gasteiger partial charge in [-0.05, 0) is 12.1 Å². The van der Waals surface area contributed by atoms with E-state index in [-0.39, 0.29) is 0 Å². The summed E-state index contributed by atoms with van der Waals surface area (Å²) in [6.45, 7) is 0. The van der Waals surface area contributed by atoms with E-state index in [9.17, 15) is 4.79 Å². The molecule has 0 atom stereocenters. The van der Waals surface area contributed by atoms with Gasteiger partial charge in [-0.3, -0.25) is 4.57 Å². The Morgan fingerprint density at radius 3 is 2.76 bits per heavy atom. The molecule has 2 rings (SSSR count). The van der Waals surface area contributed by atoms with Crippen molar-refractivity contribution in [1.29, 1.82) is 0 Å². The second kappa shape index (κ2) is 4.69. The summed E-state index contributed by atoms with van der Waals surface area (Å²) in [6.07, 6.45) is 3.00. The Labute approximate surface area is 98.6 Å². The zero-order chi connectivity index (χ0) is 12.3. The van der Waals surface area contributed by atoms with Gasteiger partial charge in [0.15, 0.2) is 5.69 Å². The van der Waals surface area contributed by atoms with Crippen LogP contribution in [0.2, 0.25) is 0 Å². The summed E-state index contributed by atoms with van der Waals surface area (Å²) in [5.41, 5.74) is 1.10. The lowest BCUT2D eigenvalue weighted by molar-refractivity contribution is 0.0591. The Morgan fingerprint density at radius 1 is 1.29 bits per heavy atom. The normalized spacial score (nSPS) is 10.0. The third-order valence-electron chi connectivity index (χ3n) is 2.38. The van der Waals surface area contributed by atoms with E-state index in [1.165, 1.54) is 13.3 Å². The number of carbonyl (C=O) groups excluding carboxylic acids is 1. The van der Waals surface area contributed by atoms with E-state index in [1.807, 2.05) is 24.3 Å². The molecule has 0 amide bonds. The lowest BCUT2D eigenvalue weighted by Crippen LogP contribution is -2.09. The smallest absolute Gasteiger partial charge is 0.356 e. The summed E-state index contributed by atoms with van der Waals surface area (Å²) >= 11 is 0. The van der Waals surface area contributed by atoms with Crippen molar-refractivity contribution in [3.05, 3.63) is 42.5 Å². The quantitative estimate of drug-likeness (QED) is 0.755.